The zero-order valence-corrected chi connectivity index (χ0v) is 9.37. The highest BCUT2D eigenvalue weighted by molar-refractivity contribution is 6.31. The fourth-order valence-corrected chi connectivity index (χ4v) is 1.53. The molecule has 16 heavy (non-hydrogen) atoms. The molecular formula is C11H10ClF2NO. The fourth-order valence-electron chi connectivity index (χ4n) is 1.34. The number of rotatable bonds is 2. The van der Waals surface area contributed by atoms with Gasteiger partial charge in [-0.2, -0.15) is 0 Å². The summed E-state index contributed by atoms with van der Waals surface area (Å²) in [5, 5.41) is 2.64. The van der Waals surface area contributed by atoms with Crippen molar-refractivity contribution in [1.29, 1.82) is 0 Å². The molecule has 1 aliphatic rings. The van der Waals surface area contributed by atoms with Crippen LogP contribution in [0.4, 0.5) is 8.78 Å². The maximum absolute atomic E-state index is 13.5. The average Bonchev–Trinajstić information content (AvgIpc) is 3.04. The largest absolute Gasteiger partial charge is 0.349 e. The zero-order valence-electron chi connectivity index (χ0n) is 8.61. The van der Waals surface area contributed by atoms with Crippen molar-refractivity contribution < 1.29 is 13.6 Å². The van der Waals surface area contributed by atoms with Crippen molar-refractivity contribution in [3.8, 4) is 0 Å². The normalized spacial score (nSPS) is 15.0. The number of carbonyl (C=O) groups is 1. The number of hydrogen-bond acceptors (Lipinski definition) is 1. The van der Waals surface area contributed by atoms with Gasteiger partial charge in [0.2, 0.25) is 0 Å². The smallest absolute Gasteiger partial charge is 0.254 e. The van der Waals surface area contributed by atoms with Crippen LogP contribution >= 0.6 is 11.6 Å². The Bertz CT molecular complexity index is 458. The SMILES string of the molecule is Cc1c(Cl)cc(C(=O)NC2CC2)c(F)c1F. The quantitative estimate of drug-likeness (QED) is 0.798. The first-order valence-corrected chi connectivity index (χ1v) is 5.33. The topological polar surface area (TPSA) is 29.1 Å². The van der Waals surface area contributed by atoms with Gasteiger partial charge in [0.1, 0.15) is 0 Å². The molecule has 1 aromatic carbocycles. The first-order valence-electron chi connectivity index (χ1n) is 4.95. The molecule has 0 spiro atoms. The van der Waals surface area contributed by atoms with Crippen molar-refractivity contribution >= 4 is 17.5 Å². The highest BCUT2D eigenvalue weighted by Gasteiger charge is 2.26. The van der Waals surface area contributed by atoms with E-state index >= 15 is 0 Å². The zero-order chi connectivity index (χ0) is 11.9. The molecule has 1 amide bonds. The average molecular weight is 246 g/mol. The van der Waals surface area contributed by atoms with Crippen molar-refractivity contribution in [2.45, 2.75) is 25.8 Å². The molecule has 0 bridgehead atoms. The Morgan fingerprint density at radius 3 is 2.62 bits per heavy atom. The lowest BCUT2D eigenvalue weighted by atomic mass is 10.1. The van der Waals surface area contributed by atoms with E-state index in [1.54, 1.807) is 0 Å². The van der Waals surface area contributed by atoms with Crippen molar-refractivity contribution in [3.63, 3.8) is 0 Å². The van der Waals surface area contributed by atoms with E-state index < -0.39 is 17.5 Å². The third-order valence-corrected chi connectivity index (χ3v) is 2.94. The maximum Gasteiger partial charge on any atom is 0.254 e. The number of carbonyl (C=O) groups excluding carboxylic acids is 1. The van der Waals surface area contributed by atoms with Crippen LogP contribution in [0.25, 0.3) is 0 Å². The summed E-state index contributed by atoms with van der Waals surface area (Å²) in [5.74, 6) is -2.81. The summed E-state index contributed by atoms with van der Waals surface area (Å²) >= 11 is 5.70. The van der Waals surface area contributed by atoms with Crippen LogP contribution in [0.2, 0.25) is 5.02 Å². The molecule has 0 aromatic heterocycles. The van der Waals surface area contributed by atoms with Gasteiger partial charge in [-0.1, -0.05) is 11.6 Å². The van der Waals surface area contributed by atoms with Crippen LogP contribution in [0.3, 0.4) is 0 Å². The molecule has 0 saturated heterocycles. The molecule has 0 unspecified atom stereocenters. The molecule has 2 rings (SSSR count). The molecule has 0 radical (unpaired) electrons. The van der Waals surface area contributed by atoms with E-state index in [4.69, 9.17) is 11.6 Å². The van der Waals surface area contributed by atoms with Gasteiger partial charge in [-0.05, 0) is 25.8 Å². The van der Waals surface area contributed by atoms with Gasteiger partial charge in [0.05, 0.1) is 5.56 Å². The Kier molecular flexibility index (Phi) is 2.84. The van der Waals surface area contributed by atoms with Crippen LogP contribution in [0.1, 0.15) is 28.8 Å². The van der Waals surface area contributed by atoms with Crippen LogP contribution in [0.15, 0.2) is 6.07 Å². The first kappa shape index (κ1) is 11.3. The second kappa shape index (κ2) is 4.01. The van der Waals surface area contributed by atoms with E-state index in [0.29, 0.717) is 0 Å². The molecule has 0 atom stereocenters. The highest BCUT2D eigenvalue weighted by atomic mass is 35.5. The number of amides is 1. The van der Waals surface area contributed by atoms with Gasteiger partial charge >= 0.3 is 0 Å². The van der Waals surface area contributed by atoms with E-state index in [1.165, 1.54) is 6.92 Å². The number of nitrogens with one attached hydrogen (secondary N) is 1. The second-order valence-electron chi connectivity index (χ2n) is 3.91. The van der Waals surface area contributed by atoms with Gasteiger partial charge in [-0.25, -0.2) is 8.78 Å². The Hall–Kier alpha value is -1.16. The fraction of sp³-hybridized carbons (Fsp3) is 0.364. The highest BCUT2D eigenvalue weighted by Crippen LogP contribution is 2.25. The molecule has 2 nitrogen and oxygen atoms in total. The van der Waals surface area contributed by atoms with Gasteiger partial charge in [-0.3, -0.25) is 4.79 Å². The van der Waals surface area contributed by atoms with Crippen LogP contribution in [0, 0.1) is 18.6 Å². The standard InChI is InChI=1S/C11H10ClF2NO/c1-5-8(12)4-7(10(14)9(5)13)11(16)15-6-2-3-6/h4,6H,2-3H2,1H3,(H,15,16). The number of halogens is 3. The lowest BCUT2D eigenvalue weighted by Crippen LogP contribution is -2.26. The van der Waals surface area contributed by atoms with Crippen LogP contribution in [0.5, 0.6) is 0 Å². The van der Waals surface area contributed by atoms with Gasteiger partial charge in [-0.15, -0.1) is 0 Å². The minimum absolute atomic E-state index is 0.0159. The lowest BCUT2D eigenvalue weighted by Gasteiger charge is -2.08. The molecular weight excluding hydrogens is 236 g/mol. The molecule has 1 saturated carbocycles. The first-order chi connectivity index (χ1) is 7.50. The minimum atomic E-state index is -1.14. The predicted octanol–water partition coefficient (Wildman–Crippen LogP) is 2.82. The summed E-state index contributed by atoms with van der Waals surface area (Å²) in [6.07, 6.45) is 1.77. The molecule has 1 N–H and O–H groups in total. The molecule has 5 heteroatoms. The monoisotopic (exact) mass is 245 g/mol. The van der Waals surface area contributed by atoms with Gasteiger partial charge < -0.3 is 5.32 Å². The van der Waals surface area contributed by atoms with Gasteiger partial charge in [0, 0.05) is 16.6 Å². The van der Waals surface area contributed by atoms with Crippen molar-refractivity contribution in [2.75, 3.05) is 0 Å². The Labute approximate surface area is 96.6 Å². The number of hydrogen-bond donors (Lipinski definition) is 1. The summed E-state index contributed by atoms with van der Waals surface area (Å²) in [4.78, 5) is 11.6. The van der Waals surface area contributed by atoms with Gasteiger partial charge in [0.25, 0.3) is 5.91 Å². The summed E-state index contributed by atoms with van der Waals surface area (Å²) in [5.41, 5.74) is -0.317. The van der Waals surface area contributed by atoms with E-state index in [1.807, 2.05) is 0 Å². The lowest BCUT2D eigenvalue weighted by molar-refractivity contribution is 0.0946. The summed E-state index contributed by atoms with van der Waals surface area (Å²) < 4.78 is 26.8. The maximum atomic E-state index is 13.5. The molecule has 1 aromatic rings. The number of benzene rings is 1. The van der Waals surface area contributed by atoms with E-state index in [0.717, 1.165) is 18.9 Å². The van der Waals surface area contributed by atoms with Crippen LogP contribution < -0.4 is 5.32 Å². The third-order valence-electron chi connectivity index (χ3n) is 2.54. The molecule has 0 heterocycles. The Morgan fingerprint density at radius 1 is 1.44 bits per heavy atom. The Morgan fingerprint density at radius 2 is 2.06 bits per heavy atom. The molecule has 1 fully saturated rings. The second-order valence-corrected chi connectivity index (χ2v) is 4.31. The summed E-state index contributed by atoms with van der Waals surface area (Å²) in [7, 11) is 0. The Balaban J connectivity index is 2.35. The van der Waals surface area contributed by atoms with Crippen molar-refractivity contribution in [1.82, 2.24) is 5.32 Å². The summed E-state index contributed by atoms with van der Waals surface area (Å²) in [6, 6.07) is 1.25. The van der Waals surface area contributed by atoms with Crippen LogP contribution in [-0.4, -0.2) is 11.9 Å². The van der Waals surface area contributed by atoms with Gasteiger partial charge in [0.15, 0.2) is 11.6 Å². The molecule has 86 valence electrons. The minimum Gasteiger partial charge on any atom is -0.349 e. The predicted molar refractivity (Wildman–Crippen MR) is 56.6 cm³/mol. The van der Waals surface area contributed by atoms with E-state index in [2.05, 4.69) is 5.32 Å². The van der Waals surface area contributed by atoms with Crippen molar-refractivity contribution in [2.24, 2.45) is 0 Å². The van der Waals surface area contributed by atoms with Crippen molar-refractivity contribution in [3.05, 3.63) is 33.9 Å². The summed E-state index contributed by atoms with van der Waals surface area (Å²) in [6.45, 7) is 1.36. The molecule has 0 aliphatic heterocycles. The van der Waals surface area contributed by atoms with Crippen LogP contribution in [-0.2, 0) is 0 Å². The molecule has 1 aliphatic carbocycles. The van der Waals surface area contributed by atoms with E-state index in [9.17, 15) is 13.6 Å². The third kappa shape index (κ3) is 2.02. The van der Waals surface area contributed by atoms with E-state index in [-0.39, 0.29) is 22.2 Å².